The summed E-state index contributed by atoms with van der Waals surface area (Å²) in [5, 5.41) is 9.86. The quantitative estimate of drug-likeness (QED) is 0.220. The van der Waals surface area contributed by atoms with E-state index in [1.165, 1.54) is 72.3 Å². The molecule has 0 aliphatic rings. The summed E-state index contributed by atoms with van der Waals surface area (Å²) in [6.45, 7) is 18.7. The summed E-state index contributed by atoms with van der Waals surface area (Å²) in [5.74, 6) is 0. The highest BCUT2D eigenvalue weighted by molar-refractivity contribution is 5.45. The SMILES string of the molecule is CCc1cc(C)c(Cc2ccc(C)cc2C)cc1COCc1cc(Cc2ccc(C)c(CO)c2C)c(C)cc1C. The van der Waals surface area contributed by atoms with E-state index in [9.17, 15) is 5.11 Å². The third-order valence-electron chi connectivity index (χ3n) is 8.71. The highest BCUT2D eigenvalue weighted by Crippen LogP contribution is 2.26. The number of benzene rings is 4. The molecule has 0 heterocycles. The Bertz CT molecular complexity index is 1510. The molecule has 40 heavy (non-hydrogen) atoms. The van der Waals surface area contributed by atoms with Gasteiger partial charge < -0.3 is 9.84 Å². The van der Waals surface area contributed by atoms with Gasteiger partial charge in [0, 0.05) is 0 Å². The maximum absolute atomic E-state index is 9.86. The number of aliphatic hydroxyl groups is 1. The Kier molecular flexibility index (Phi) is 9.66. The normalized spacial score (nSPS) is 11.3. The van der Waals surface area contributed by atoms with Crippen molar-refractivity contribution in [3.63, 3.8) is 0 Å². The smallest absolute Gasteiger partial charge is 0.0724 e. The van der Waals surface area contributed by atoms with Crippen molar-refractivity contribution in [2.45, 2.75) is 94.5 Å². The third kappa shape index (κ3) is 6.74. The van der Waals surface area contributed by atoms with E-state index in [1.807, 2.05) is 0 Å². The van der Waals surface area contributed by atoms with Gasteiger partial charge in [0.2, 0.25) is 0 Å². The molecule has 0 saturated carbocycles. The van der Waals surface area contributed by atoms with Gasteiger partial charge in [-0.25, -0.2) is 0 Å². The molecule has 210 valence electrons. The lowest BCUT2D eigenvalue weighted by Crippen LogP contribution is -2.05. The Morgan fingerprint density at radius 2 is 1.10 bits per heavy atom. The molecule has 0 unspecified atom stereocenters. The van der Waals surface area contributed by atoms with Crippen LogP contribution in [0, 0.1) is 48.5 Å². The van der Waals surface area contributed by atoms with Gasteiger partial charge >= 0.3 is 0 Å². The van der Waals surface area contributed by atoms with Crippen molar-refractivity contribution in [2.75, 3.05) is 0 Å². The summed E-state index contributed by atoms with van der Waals surface area (Å²) in [6.07, 6.45) is 2.81. The summed E-state index contributed by atoms with van der Waals surface area (Å²) in [6, 6.07) is 20.4. The molecule has 4 rings (SSSR count). The maximum Gasteiger partial charge on any atom is 0.0724 e. The number of hydrogen-bond donors (Lipinski definition) is 1. The Hall–Kier alpha value is -3.20. The topological polar surface area (TPSA) is 29.5 Å². The zero-order chi connectivity index (χ0) is 29.0. The lowest BCUT2D eigenvalue weighted by Gasteiger charge is -2.17. The van der Waals surface area contributed by atoms with E-state index >= 15 is 0 Å². The molecule has 0 aliphatic carbocycles. The van der Waals surface area contributed by atoms with E-state index in [0.29, 0.717) is 13.2 Å². The predicted molar refractivity (Wildman–Crippen MR) is 168 cm³/mol. The van der Waals surface area contributed by atoms with E-state index in [4.69, 9.17) is 4.74 Å². The van der Waals surface area contributed by atoms with Gasteiger partial charge in [-0.15, -0.1) is 0 Å². The fourth-order valence-electron chi connectivity index (χ4n) is 5.91. The average Bonchev–Trinajstić information content (AvgIpc) is 2.91. The molecule has 0 amide bonds. The fraction of sp³-hybridized carbons (Fsp3) is 0.368. The fourth-order valence-corrected chi connectivity index (χ4v) is 5.91. The molecule has 2 heteroatoms. The van der Waals surface area contributed by atoms with Crippen molar-refractivity contribution in [2.24, 2.45) is 0 Å². The lowest BCUT2D eigenvalue weighted by molar-refractivity contribution is 0.106. The van der Waals surface area contributed by atoms with Crippen LogP contribution in [0.25, 0.3) is 0 Å². The van der Waals surface area contributed by atoms with Crippen LogP contribution in [-0.2, 0) is 43.8 Å². The van der Waals surface area contributed by atoms with Crippen molar-refractivity contribution in [1.29, 1.82) is 0 Å². The van der Waals surface area contributed by atoms with Crippen LogP contribution >= 0.6 is 0 Å². The molecule has 0 bridgehead atoms. The average molecular weight is 535 g/mol. The van der Waals surface area contributed by atoms with Gasteiger partial charge in [0.15, 0.2) is 0 Å². The molecule has 0 aliphatic heterocycles. The molecule has 0 fully saturated rings. The molecule has 0 radical (unpaired) electrons. The summed E-state index contributed by atoms with van der Waals surface area (Å²) >= 11 is 0. The Labute approximate surface area is 242 Å². The van der Waals surface area contributed by atoms with Crippen molar-refractivity contribution >= 4 is 0 Å². The van der Waals surface area contributed by atoms with Crippen molar-refractivity contribution in [1.82, 2.24) is 0 Å². The Balaban J connectivity index is 1.52. The minimum absolute atomic E-state index is 0.0859. The van der Waals surface area contributed by atoms with E-state index in [2.05, 4.69) is 110 Å². The van der Waals surface area contributed by atoms with Gasteiger partial charge in [-0.1, -0.05) is 67.1 Å². The van der Waals surface area contributed by atoms with Crippen LogP contribution in [0.4, 0.5) is 0 Å². The number of ether oxygens (including phenoxy) is 1. The van der Waals surface area contributed by atoms with Crippen LogP contribution in [0.15, 0.2) is 54.6 Å². The standard InChI is InChI=1S/C38H46O2/c1-9-31-16-29(7)34(17-32-12-10-24(2)14-26(32)4)20-37(31)23-40-22-36-19-35(27(5)15-28(36)6)18-33-13-11-25(3)38(21-39)30(33)8/h10-16,19-20,39H,9,17-18,21-23H2,1-8H3. The van der Waals surface area contributed by atoms with Crippen LogP contribution in [0.1, 0.15) is 90.4 Å². The van der Waals surface area contributed by atoms with Gasteiger partial charge in [0.25, 0.3) is 0 Å². The lowest BCUT2D eigenvalue weighted by atomic mass is 9.91. The van der Waals surface area contributed by atoms with Gasteiger partial charge in [-0.3, -0.25) is 0 Å². The van der Waals surface area contributed by atoms with Crippen molar-refractivity contribution in [3.8, 4) is 0 Å². The van der Waals surface area contributed by atoms with E-state index in [1.54, 1.807) is 0 Å². The Morgan fingerprint density at radius 1 is 0.525 bits per heavy atom. The molecule has 0 aromatic heterocycles. The summed E-state index contributed by atoms with van der Waals surface area (Å²) in [5.41, 5.74) is 19.3. The van der Waals surface area contributed by atoms with E-state index in [-0.39, 0.29) is 6.61 Å². The molecule has 0 spiro atoms. The van der Waals surface area contributed by atoms with Gasteiger partial charge in [0.1, 0.15) is 0 Å². The van der Waals surface area contributed by atoms with Crippen LogP contribution in [0.5, 0.6) is 0 Å². The first kappa shape index (κ1) is 29.8. The molecular weight excluding hydrogens is 488 g/mol. The second-order valence-corrected chi connectivity index (χ2v) is 11.7. The molecule has 2 nitrogen and oxygen atoms in total. The molecular formula is C38H46O2. The molecule has 4 aromatic rings. The van der Waals surface area contributed by atoms with Crippen molar-refractivity contribution in [3.05, 3.63) is 138 Å². The minimum Gasteiger partial charge on any atom is -0.392 e. The number of aliphatic hydroxyl groups excluding tert-OH is 1. The van der Waals surface area contributed by atoms with Crippen LogP contribution in [0.2, 0.25) is 0 Å². The van der Waals surface area contributed by atoms with E-state index in [0.717, 1.165) is 30.4 Å². The zero-order valence-corrected chi connectivity index (χ0v) is 25.8. The minimum atomic E-state index is 0.0859. The highest BCUT2D eigenvalue weighted by atomic mass is 16.5. The molecule has 0 saturated heterocycles. The number of aryl methyl sites for hydroxylation is 7. The van der Waals surface area contributed by atoms with Gasteiger partial charge in [-0.2, -0.15) is 0 Å². The molecule has 4 aromatic carbocycles. The number of hydrogen-bond acceptors (Lipinski definition) is 2. The summed E-state index contributed by atoms with van der Waals surface area (Å²) in [7, 11) is 0. The molecule has 0 atom stereocenters. The largest absolute Gasteiger partial charge is 0.392 e. The second kappa shape index (κ2) is 13.0. The van der Waals surface area contributed by atoms with Crippen LogP contribution in [0.3, 0.4) is 0 Å². The first-order valence-electron chi connectivity index (χ1n) is 14.6. The van der Waals surface area contributed by atoms with Gasteiger partial charge in [-0.05, 0) is 146 Å². The number of rotatable bonds is 10. The van der Waals surface area contributed by atoms with Crippen LogP contribution in [-0.4, -0.2) is 5.11 Å². The van der Waals surface area contributed by atoms with Crippen LogP contribution < -0.4 is 0 Å². The zero-order valence-electron chi connectivity index (χ0n) is 25.8. The monoisotopic (exact) mass is 534 g/mol. The second-order valence-electron chi connectivity index (χ2n) is 11.7. The first-order chi connectivity index (χ1) is 19.1. The van der Waals surface area contributed by atoms with E-state index < -0.39 is 0 Å². The van der Waals surface area contributed by atoms with Gasteiger partial charge in [0.05, 0.1) is 19.8 Å². The van der Waals surface area contributed by atoms with Crippen molar-refractivity contribution < 1.29 is 9.84 Å². The maximum atomic E-state index is 9.86. The first-order valence-corrected chi connectivity index (χ1v) is 14.6. The predicted octanol–water partition coefficient (Wildman–Crippen LogP) is 8.80. The summed E-state index contributed by atoms with van der Waals surface area (Å²) in [4.78, 5) is 0. The summed E-state index contributed by atoms with van der Waals surface area (Å²) < 4.78 is 6.40. The Morgan fingerprint density at radius 3 is 1.77 bits per heavy atom. The molecule has 1 N–H and O–H groups in total. The highest BCUT2D eigenvalue weighted by Gasteiger charge is 2.13. The third-order valence-corrected chi connectivity index (χ3v) is 8.71.